The Balaban J connectivity index is 1.82. The normalized spacial score (nSPS) is 36.8. The zero-order chi connectivity index (χ0) is 11.4. The molecule has 0 bridgehead atoms. The first-order valence-corrected chi connectivity index (χ1v) is 7.42. The molecule has 2 rings (SSSR count). The molecule has 0 saturated heterocycles. The second-order valence-corrected chi connectivity index (χ2v) is 6.02. The van der Waals surface area contributed by atoms with Crippen LogP contribution in [0.1, 0.15) is 65.2 Å². The lowest BCUT2D eigenvalue weighted by Gasteiger charge is -2.41. The predicted octanol–water partition coefficient (Wildman–Crippen LogP) is 4.41. The average molecular weight is 224 g/mol. The zero-order valence-corrected chi connectivity index (χ0v) is 11.1. The van der Waals surface area contributed by atoms with Gasteiger partial charge in [0.2, 0.25) is 0 Å². The molecule has 2 fully saturated rings. The van der Waals surface area contributed by atoms with Gasteiger partial charge in [-0.05, 0) is 37.0 Å². The van der Waals surface area contributed by atoms with Gasteiger partial charge in [-0.15, -0.1) is 0 Å². The summed E-state index contributed by atoms with van der Waals surface area (Å²) in [4.78, 5) is 0. The van der Waals surface area contributed by atoms with Gasteiger partial charge in [0, 0.05) is 6.61 Å². The highest BCUT2D eigenvalue weighted by Gasteiger charge is 2.35. The SMILES string of the molecule is CCC(C)COC1CCCC2CCCCC21. The van der Waals surface area contributed by atoms with E-state index in [1.165, 1.54) is 51.4 Å². The quantitative estimate of drug-likeness (QED) is 0.687. The summed E-state index contributed by atoms with van der Waals surface area (Å²) in [5, 5.41) is 0. The molecular formula is C15H28O. The van der Waals surface area contributed by atoms with Gasteiger partial charge in [0.15, 0.2) is 0 Å². The van der Waals surface area contributed by atoms with E-state index in [4.69, 9.17) is 4.74 Å². The first-order chi connectivity index (χ1) is 7.81. The maximum absolute atomic E-state index is 6.21. The number of ether oxygens (including phenoxy) is 1. The largest absolute Gasteiger partial charge is 0.378 e. The van der Waals surface area contributed by atoms with Gasteiger partial charge >= 0.3 is 0 Å². The van der Waals surface area contributed by atoms with Crippen molar-refractivity contribution in [3.63, 3.8) is 0 Å². The van der Waals surface area contributed by atoms with Crippen LogP contribution in [0.5, 0.6) is 0 Å². The molecule has 94 valence electrons. The van der Waals surface area contributed by atoms with Crippen LogP contribution in [-0.4, -0.2) is 12.7 Å². The fourth-order valence-electron chi connectivity index (χ4n) is 3.49. The van der Waals surface area contributed by atoms with Crippen molar-refractivity contribution in [1.29, 1.82) is 0 Å². The summed E-state index contributed by atoms with van der Waals surface area (Å²) in [6.07, 6.45) is 11.9. The molecule has 0 aliphatic heterocycles. The van der Waals surface area contributed by atoms with Gasteiger partial charge in [0.25, 0.3) is 0 Å². The van der Waals surface area contributed by atoms with E-state index in [-0.39, 0.29) is 0 Å². The highest BCUT2D eigenvalue weighted by Crippen LogP contribution is 2.41. The Kier molecular flexibility index (Phi) is 4.69. The van der Waals surface area contributed by atoms with Crippen LogP contribution in [0.15, 0.2) is 0 Å². The van der Waals surface area contributed by atoms with E-state index in [1.807, 2.05) is 0 Å². The number of hydrogen-bond donors (Lipinski definition) is 0. The molecule has 1 nitrogen and oxygen atoms in total. The van der Waals surface area contributed by atoms with Crippen molar-refractivity contribution in [2.24, 2.45) is 17.8 Å². The lowest BCUT2D eigenvalue weighted by atomic mass is 9.69. The van der Waals surface area contributed by atoms with Crippen molar-refractivity contribution in [2.45, 2.75) is 71.3 Å². The Morgan fingerprint density at radius 3 is 2.62 bits per heavy atom. The summed E-state index contributed by atoms with van der Waals surface area (Å²) in [7, 11) is 0. The van der Waals surface area contributed by atoms with E-state index < -0.39 is 0 Å². The van der Waals surface area contributed by atoms with Crippen LogP contribution in [0.2, 0.25) is 0 Å². The minimum Gasteiger partial charge on any atom is -0.378 e. The van der Waals surface area contributed by atoms with Crippen LogP contribution in [0.25, 0.3) is 0 Å². The Morgan fingerprint density at radius 2 is 1.81 bits per heavy atom. The Hall–Kier alpha value is -0.0400. The van der Waals surface area contributed by atoms with Crippen LogP contribution < -0.4 is 0 Å². The Bertz CT molecular complexity index is 200. The van der Waals surface area contributed by atoms with E-state index in [0.717, 1.165) is 24.4 Å². The first kappa shape index (κ1) is 12.4. The molecule has 2 aliphatic carbocycles. The summed E-state index contributed by atoms with van der Waals surface area (Å²) in [5.74, 6) is 2.65. The van der Waals surface area contributed by atoms with Gasteiger partial charge < -0.3 is 4.74 Å². The van der Waals surface area contributed by atoms with Crippen LogP contribution in [0.3, 0.4) is 0 Å². The summed E-state index contributed by atoms with van der Waals surface area (Å²) in [6.45, 7) is 5.56. The zero-order valence-electron chi connectivity index (χ0n) is 11.1. The summed E-state index contributed by atoms with van der Waals surface area (Å²) < 4.78 is 6.21. The molecule has 0 aromatic carbocycles. The molecule has 0 spiro atoms. The lowest BCUT2D eigenvalue weighted by Crippen LogP contribution is -2.37. The molecule has 4 atom stereocenters. The second-order valence-electron chi connectivity index (χ2n) is 6.02. The smallest absolute Gasteiger partial charge is 0.0606 e. The molecule has 0 aromatic heterocycles. The second kappa shape index (κ2) is 6.05. The molecule has 2 aliphatic rings. The minimum atomic E-state index is 0.605. The van der Waals surface area contributed by atoms with Gasteiger partial charge in [-0.1, -0.05) is 46.0 Å². The topological polar surface area (TPSA) is 9.23 Å². The molecule has 1 heteroatoms. The number of fused-ring (bicyclic) bond motifs is 1. The monoisotopic (exact) mass is 224 g/mol. The van der Waals surface area contributed by atoms with Crippen molar-refractivity contribution in [3.8, 4) is 0 Å². The first-order valence-electron chi connectivity index (χ1n) is 7.42. The van der Waals surface area contributed by atoms with Crippen LogP contribution in [-0.2, 0) is 4.74 Å². The van der Waals surface area contributed by atoms with Gasteiger partial charge in [0.1, 0.15) is 0 Å². The average Bonchev–Trinajstić information content (AvgIpc) is 2.35. The van der Waals surface area contributed by atoms with Crippen LogP contribution in [0.4, 0.5) is 0 Å². The fourth-order valence-corrected chi connectivity index (χ4v) is 3.49. The number of hydrogen-bond acceptors (Lipinski definition) is 1. The third kappa shape index (κ3) is 3.00. The van der Waals surface area contributed by atoms with Crippen LogP contribution >= 0.6 is 0 Å². The van der Waals surface area contributed by atoms with Crippen molar-refractivity contribution in [2.75, 3.05) is 6.61 Å². The van der Waals surface area contributed by atoms with Gasteiger partial charge in [0.05, 0.1) is 6.10 Å². The molecule has 0 N–H and O–H groups in total. The molecule has 0 aromatic rings. The van der Waals surface area contributed by atoms with E-state index in [9.17, 15) is 0 Å². The molecule has 16 heavy (non-hydrogen) atoms. The third-order valence-corrected chi connectivity index (χ3v) is 4.80. The predicted molar refractivity (Wildman–Crippen MR) is 68.5 cm³/mol. The summed E-state index contributed by atoms with van der Waals surface area (Å²) >= 11 is 0. The highest BCUT2D eigenvalue weighted by atomic mass is 16.5. The third-order valence-electron chi connectivity index (χ3n) is 4.80. The molecule has 2 saturated carbocycles. The Labute approximate surface area is 101 Å². The molecule has 0 radical (unpaired) electrons. The van der Waals surface area contributed by atoms with Gasteiger partial charge in [-0.2, -0.15) is 0 Å². The standard InChI is InChI=1S/C15H28O/c1-3-12(2)11-16-15-10-6-8-13-7-4-5-9-14(13)15/h12-15H,3-11H2,1-2H3. The van der Waals surface area contributed by atoms with E-state index in [0.29, 0.717) is 6.10 Å². The van der Waals surface area contributed by atoms with E-state index >= 15 is 0 Å². The molecule has 0 heterocycles. The fraction of sp³-hybridized carbons (Fsp3) is 1.00. The van der Waals surface area contributed by atoms with E-state index in [1.54, 1.807) is 0 Å². The van der Waals surface area contributed by atoms with Crippen molar-refractivity contribution >= 4 is 0 Å². The lowest BCUT2D eigenvalue weighted by molar-refractivity contribution is -0.0571. The van der Waals surface area contributed by atoms with Crippen molar-refractivity contribution < 1.29 is 4.74 Å². The van der Waals surface area contributed by atoms with Crippen LogP contribution in [0, 0.1) is 17.8 Å². The summed E-state index contributed by atoms with van der Waals surface area (Å²) in [5.41, 5.74) is 0. The number of rotatable bonds is 4. The maximum Gasteiger partial charge on any atom is 0.0606 e. The highest BCUT2D eigenvalue weighted by molar-refractivity contribution is 4.85. The Morgan fingerprint density at radius 1 is 1.06 bits per heavy atom. The molecule has 4 unspecified atom stereocenters. The molecular weight excluding hydrogens is 196 g/mol. The van der Waals surface area contributed by atoms with Gasteiger partial charge in [-0.3, -0.25) is 0 Å². The van der Waals surface area contributed by atoms with Gasteiger partial charge in [-0.25, -0.2) is 0 Å². The van der Waals surface area contributed by atoms with Crippen molar-refractivity contribution in [1.82, 2.24) is 0 Å². The molecule has 0 amide bonds. The maximum atomic E-state index is 6.21. The van der Waals surface area contributed by atoms with E-state index in [2.05, 4.69) is 13.8 Å². The minimum absolute atomic E-state index is 0.605. The van der Waals surface area contributed by atoms with Crippen molar-refractivity contribution in [3.05, 3.63) is 0 Å². The summed E-state index contributed by atoms with van der Waals surface area (Å²) in [6, 6.07) is 0.